The van der Waals surface area contributed by atoms with E-state index in [2.05, 4.69) is 0 Å². The number of carbonyl (C=O) groups excluding carboxylic acids is 3. The highest BCUT2D eigenvalue weighted by atomic mass is 16.6. The van der Waals surface area contributed by atoms with Crippen LogP contribution in [-0.4, -0.2) is 53.1 Å². The van der Waals surface area contributed by atoms with Gasteiger partial charge in [-0.05, 0) is 98.1 Å². The smallest absolute Gasteiger partial charge is 0.424 e. The Labute approximate surface area is 226 Å². The van der Waals surface area contributed by atoms with Gasteiger partial charge in [0.05, 0.1) is 5.69 Å². The van der Waals surface area contributed by atoms with E-state index in [0.717, 1.165) is 34.1 Å². The molecule has 8 nitrogen and oxygen atoms in total. The number of amides is 3. The third-order valence-electron chi connectivity index (χ3n) is 5.91. The highest BCUT2D eigenvalue weighted by Crippen LogP contribution is 2.38. The molecule has 2 aromatic carbocycles. The second-order valence-electron chi connectivity index (χ2n) is 12.8. The highest BCUT2D eigenvalue weighted by molar-refractivity contribution is 6.15. The minimum Gasteiger partial charge on any atom is -0.444 e. The molecule has 1 aliphatic heterocycles. The first kappa shape index (κ1) is 29.3. The molecule has 1 heterocycles. The molecular weight excluding hydrogens is 484 g/mol. The van der Waals surface area contributed by atoms with Crippen LogP contribution in [0.15, 0.2) is 36.4 Å². The van der Waals surface area contributed by atoms with Crippen molar-refractivity contribution in [1.82, 2.24) is 4.90 Å². The zero-order valence-electron chi connectivity index (χ0n) is 24.2. The van der Waals surface area contributed by atoms with E-state index in [9.17, 15) is 14.4 Å². The van der Waals surface area contributed by atoms with Gasteiger partial charge in [0.15, 0.2) is 0 Å². The minimum atomic E-state index is -0.796. The molecule has 0 radical (unpaired) electrons. The number of imide groups is 1. The monoisotopic (exact) mass is 526 g/mol. The van der Waals surface area contributed by atoms with E-state index in [-0.39, 0.29) is 12.0 Å². The van der Waals surface area contributed by atoms with Crippen LogP contribution in [0.5, 0.6) is 0 Å². The molecule has 0 aromatic heterocycles. The molecule has 0 atom stereocenters. The normalized spacial score (nSPS) is 15.2. The van der Waals surface area contributed by atoms with Gasteiger partial charge in [-0.3, -0.25) is 0 Å². The number of anilines is 1. The van der Waals surface area contributed by atoms with Crippen molar-refractivity contribution in [2.75, 3.05) is 18.0 Å². The SMILES string of the molecule is CC(C)(C)OC(=O)N1CCC(c2ccc(N(C(=O)OC(C)(C)C)C(=O)OC(C)(C)C)c3ccccc23)CC1. The van der Waals surface area contributed by atoms with Gasteiger partial charge in [-0.1, -0.05) is 30.3 Å². The third-order valence-corrected chi connectivity index (χ3v) is 5.91. The Morgan fingerprint density at radius 2 is 1.18 bits per heavy atom. The van der Waals surface area contributed by atoms with Gasteiger partial charge in [-0.15, -0.1) is 0 Å². The van der Waals surface area contributed by atoms with Crippen LogP contribution in [0.2, 0.25) is 0 Å². The number of hydrogen-bond acceptors (Lipinski definition) is 6. The molecule has 2 aromatic rings. The van der Waals surface area contributed by atoms with Gasteiger partial charge in [-0.2, -0.15) is 4.90 Å². The predicted molar refractivity (Wildman–Crippen MR) is 149 cm³/mol. The van der Waals surface area contributed by atoms with Gasteiger partial charge < -0.3 is 19.1 Å². The molecule has 0 saturated carbocycles. The molecule has 38 heavy (non-hydrogen) atoms. The van der Waals surface area contributed by atoms with Crippen LogP contribution in [0, 0.1) is 0 Å². The number of piperidine rings is 1. The van der Waals surface area contributed by atoms with Gasteiger partial charge in [0.1, 0.15) is 16.8 Å². The second-order valence-corrected chi connectivity index (χ2v) is 12.8. The number of ether oxygens (including phenoxy) is 3. The van der Waals surface area contributed by atoms with Crippen LogP contribution < -0.4 is 4.90 Å². The number of benzene rings is 2. The molecule has 8 heteroatoms. The zero-order valence-corrected chi connectivity index (χ0v) is 24.2. The molecule has 208 valence electrons. The Hall–Kier alpha value is -3.29. The number of rotatable bonds is 2. The van der Waals surface area contributed by atoms with Crippen molar-refractivity contribution < 1.29 is 28.6 Å². The molecule has 0 aliphatic carbocycles. The van der Waals surface area contributed by atoms with E-state index in [1.54, 1.807) is 52.5 Å². The Bertz CT molecular complexity index is 1150. The maximum Gasteiger partial charge on any atom is 0.424 e. The lowest BCUT2D eigenvalue weighted by atomic mass is 9.86. The summed E-state index contributed by atoms with van der Waals surface area (Å²) >= 11 is 0. The number of fused-ring (bicyclic) bond motifs is 1. The maximum atomic E-state index is 13.3. The first-order valence-electron chi connectivity index (χ1n) is 13.2. The first-order chi connectivity index (χ1) is 17.5. The Morgan fingerprint density at radius 3 is 1.66 bits per heavy atom. The summed E-state index contributed by atoms with van der Waals surface area (Å²) in [5, 5.41) is 1.69. The number of carbonyl (C=O) groups is 3. The van der Waals surface area contributed by atoms with Crippen LogP contribution in [0.4, 0.5) is 20.1 Å². The molecule has 1 aliphatic rings. The van der Waals surface area contributed by atoms with Gasteiger partial charge >= 0.3 is 18.3 Å². The van der Waals surface area contributed by atoms with Gasteiger partial charge in [-0.25, -0.2) is 14.4 Å². The first-order valence-corrected chi connectivity index (χ1v) is 13.2. The van der Waals surface area contributed by atoms with Crippen molar-refractivity contribution in [2.45, 2.75) is 97.9 Å². The van der Waals surface area contributed by atoms with E-state index in [1.165, 1.54) is 0 Å². The van der Waals surface area contributed by atoms with Crippen LogP contribution >= 0.6 is 0 Å². The standard InChI is InChI=1S/C30H42N2O6/c1-28(2,3)36-25(33)31-18-16-20(17-19-31)21-14-15-24(23-13-11-10-12-22(21)23)32(26(34)37-29(4,5)6)27(35)38-30(7,8)9/h10-15,20H,16-19H2,1-9H3. The molecule has 3 rings (SSSR count). The van der Waals surface area contributed by atoms with E-state index >= 15 is 0 Å². The number of nitrogens with zero attached hydrogens (tertiary/aromatic N) is 2. The average Bonchev–Trinajstić information content (AvgIpc) is 2.76. The van der Waals surface area contributed by atoms with Crippen LogP contribution in [-0.2, 0) is 14.2 Å². The fraction of sp³-hybridized carbons (Fsp3) is 0.567. The summed E-state index contributed by atoms with van der Waals surface area (Å²) in [7, 11) is 0. The van der Waals surface area contributed by atoms with Gasteiger partial charge in [0, 0.05) is 18.5 Å². The van der Waals surface area contributed by atoms with Gasteiger partial charge in [0.25, 0.3) is 0 Å². The van der Waals surface area contributed by atoms with Crippen LogP contribution in [0.25, 0.3) is 10.8 Å². The van der Waals surface area contributed by atoms with Crippen LogP contribution in [0.3, 0.4) is 0 Å². The average molecular weight is 527 g/mol. The zero-order chi connectivity index (χ0) is 28.5. The minimum absolute atomic E-state index is 0.212. The summed E-state index contributed by atoms with van der Waals surface area (Å²) in [6.07, 6.45) is -0.318. The Kier molecular flexibility index (Phi) is 8.34. The fourth-order valence-corrected chi connectivity index (χ4v) is 4.44. The molecule has 1 fully saturated rings. The van der Waals surface area contributed by atoms with Crippen molar-refractivity contribution in [2.24, 2.45) is 0 Å². The van der Waals surface area contributed by atoms with E-state index in [4.69, 9.17) is 14.2 Å². The topological polar surface area (TPSA) is 85.4 Å². The van der Waals surface area contributed by atoms with Crippen molar-refractivity contribution in [3.8, 4) is 0 Å². The van der Waals surface area contributed by atoms with Gasteiger partial charge in [0.2, 0.25) is 0 Å². The molecule has 0 bridgehead atoms. The summed E-state index contributed by atoms with van der Waals surface area (Å²) in [5.74, 6) is 0.212. The quantitative estimate of drug-likeness (QED) is 0.374. The second kappa shape index (κ2) is 10.8. The van der Waals surface area contributed by atoms with Crippen molar-refractivity contribution in [3.05, 3.63) is 42.0 Å². The molecule has 1 saturated heterocycles. The maximum absolute atomic E-state index is 13.3. The third kappa shape index (κ3) is 7.62. The lowest BCUT2D eigenvalue weighted by molar-refractivity contribution is 0.0204. The van der Waals surface area contributed by atoms with E-state index in [1.807, 2.05) is 51.1 Å². The summed E-state index contributed by atoms with van der Waals surface area (Å²) in [6, 6.07) is 11.5. The molecule has 3 amide bonds. The lowest BCUT2D eigenvalue weighted by Gasteiger charge is -2.34. The molecule has 0 unspecified atom stereocenters. The summed E-state index contributed by atoms with van der Waals surface area (Å²) in [5.41, 5.74) is -0.612. The fourth-order valence-electron chi connectivity index (χ4n) is 4.44. The number of likely N-dealkylation sites (tertiary alicyclic amines) is 1. The molecule has 0 spiro atoms. The molecule has 0 N–H and O–H groups in total. The van der Waals surface area contributed by atoms with Crippen molar-refractivity contribution in [1.29, 1.82) is 0 Å². The Morgan fingerprint density at radius 1 is 0.711 bits per heavy atom. The summed E-state index contributed by atoms with van der Waals surface area (Å²) < 4.78 is 16.7. The largest absolute Gasteiger partial charge is 0.444 e. The van der Waals surface area contributed by atoms with Crippen molar-refractivity contribution in [3.63, 3.8) is 0 Å². The summed E-state index contributed by atoms with van der Waals surface area (Å²) in [4.78, 5) is 41.8. The Balaban J connectivity index is 1.95. The summed E-state index contributed by atoms with van der Waals surface area (Å²) in [6.45, 7) is 17.3. The van der Waals surface area contributed by atoms with Crippen molar-refractivity contribution >= 4 is 34.7 Å². The van der Waals surface area contributed by atoms with Crippen LogP contribution in [0.1, 0.15) is 86.6 Å². The van der Waals surface area contributed by atoms with E-state index < -0.39 is 29.0 Å². The highest BCUT2D eigenvalue weighted by Gasteiger charge is 2.35. The lowest BCUT2D eigenvalue weighted by Crippen LogP contribution is -2.44. The molecular formula is C30H42N2O6. The number of hydrogen-bond donors (Lipinski definition) is 0. The van der Waals surface area contributed by atoms with E-state index in [0.29, 0.717) is 18.8 Å². The predicted octanol–water partition coefficient (Wildman–Crippen LogP) is 7.63.